The minimum absolute atomic E-state index is 0.0922. The number of piperidine rings is 1. The maximum Gasteiger partial charge on any atom is 0.188 e. The Labute approximate surface area is 187 Å². The highest BCUT2D eigenvalue weighted by Gasteiger charge is 2.36. The summed E-state index contributed by atoms with van der Waals surface area (Å²) < 4.78 is 1.70. The Hall–Kier alpha value is -2.56. The van der Waals surface area contributed by atoms with Gasteiger partial charge in [-0.1, -0.05) is 22.7 Å². The zero-order chi connectivity index (χ0) is 21.1. The molecule has 8 nitrogen and oxygen atoms in total. The molecule has 2 bridgehead atoms. The van der Waals surface area contributed by atoms with Crippen LogP contribution in [0.4, 0.5) is 5.13 Å². The van der Waals surface area contributed by atoms with Gasteiger partial charge in [0.1, 0.15) is 16.5 Å². The first-order chi connectivity index (χ1) is 15.0. The number of aromatic nitrogens is 5. The molecule has 6 rings (SSSR count). The number of aromatic hydroxyl groups is 1. The van der Waals surface area contributed by atoms with E-state index in [1.165, 1.54) is 37.0 Å². The van der Waals surface area contributed by atoms with Gasteiger partial charge in [0.05, 0.1) is 18.1 Å². The molecule has 2 N–H and O–H groups in total. The zero-order valence-corrected chi connectivity index (χ0v) is 18.9. The summed E-state index contributed by atoms with van der Waals surface area (Å²) in [5, 5.41) is 20.3. The smallest absolute Gasteiger partial charge is 0.188 e. The predicted molar refractivity (Wildman–Crippen MR) is 123 cm³/mol. The third-order valence-electron chi connectivity index (χ3n) is 6.29. The molecule has 0 aromatic carbocycles. The van der Waals surface area contributed by atoms with Gasteiger partial charge >= 0.3 is 0 Å². The molecule has 1 unspecified atom stereocenters. The standard InChI is InChI=1S/C21H23N7OS2/c1-11-8-23-28(10-11)15-7-16(29)17(22-9-15)18-25-19-20(30-18)26-21(31-19)27(2)14-5-12-3-4-13(6-14)24-12/h7-10,12-14,24,29H,3-6H2,1-2H3/t12-,13+,14?. The summed E-state index contributed by atoms with van der Waals surface area (Å²) in [6, 6.07) is 3.50. The van der Waals surface area contributed by atoms with Gasteiger partial charge in [0.15, 0.2) is 14.8 Å². The number of anilines is 1. The van der Waals surface area contributed by atoms with Crippen molar-refractivity contribution < 1.29 is 5.11 Å². The van der Waals surface area contributed by atoms with E-state index in [1.54, 1.807) is 34.5 Å². The summed E-state index contributed by atoms with van der Waals surface area (Å²) >= 11 is 3.09. The van der Waals surface area contributed by atoms with Crippen LogP contribution < -0.4 is 10.2 Å². The number of fused-ring (bicyclic) bond motifs is 3. The van der Waals surface area contributed by atoms with Crippen molar-refractivity contribution in [2.75, 3.05) is 11.9 Å². The van der Waals surface area contributed by atoms with E-state index < -0.39 is 0 Å². The molecule has 0 saturated carbocycles. The van der Waals surface area contributed by atoms with Crippen LogP contribution in [0.1, 0.15) is 31.2 Å². The lowest BCUT2D eigenvalue weighted by atomic mass is 9.99. The van der Waals surface area contributed by atoms with Gasteiger partial charge in [0.2, 0.25) is 0 Å². The largest absolute Gasteiger partial charge is 0.505 e. The Morgan fingerprint density at radius 2 is 1.90 bits per heavy atom. The van der Waals surface area contributed by atoms with Gasteiger partial charge in [0.25, 0.3) is 0 Å². The number of thiazole rings is 2. The van der Waals surface area contributed by atoms with Crippen molar-refractivity contribution in [2.45, 2.75) is 50.7 Å². The molecule has 2 aliphatic heterocycles. The van der Waals surface area contributed by atoms with E-state index in [9.17, 15) is 5.11 Å². The van der Waals surface area contributed by atoms with Crippen LogP contribution in [-0.4, -0.2) is 55.0 Å². The van der Waals surface area contributed by atoms with Crippen LogP contribution in [0, 0.1) is 6.92 Å². The second-order valence-electron chi connectivity index (χ2n) is 8.52. The molecule has 2 aliphatic rings. The Kier molecular flexibility index (Phi) is 4.48. The summed E-state index contributed by atoms with van der Waals surface area (Å²) in [6.07, 6.45) is 10.3. The molecule has 4 aromatic rings. The molecule has 2 fully saturated rings. The first kappa shape index (κ1) is 19.1. The average Bonchev–Trinajstić information content (AvgIpc) is 3.51. The molecule has 10 heteroatoms. The van der Waals surface area contributed by atoms with Crippen LogP contribution >= 0.6 is 22.7 Å². The molecule has 2 saturated heterocycles. The van der Waals surface area contributed by atoms with Gasteiger partial charge in [-0.3, -0.25) is 0 Å². The lowest BCUT2D eigenvalue weighted by molar-refractivity contribution is 0.354. The highest BCUT2D eigenvalue weighted by atomic mass is 32.1. The summed E-state index contributed by atoms with van der Waals surface area (Å²) in [4.78, 5) is 18.2. The van der Waals surface area contributed by atoms with Gasteiger partial charge in [-0.25, -0.2) is 19.6 Å². The number of nitrogens with zero attached hydrogens (tertiary/aromatic N) is 6. The van der Waals surface area contributed by atoms with Crippen molar-refractivity contribution in [1.82, 2.24) is 30.0 Å². The first-order valence-electron chi connectivity index (χ1n) is 10.5. The van der Waals surface area contributed by atoms with Crippen molar-refractivity contribution in [3.63, 3.8) is 0 Å². The number of nitrogens with one attached hydrogen (secondary N) is 1. The van der Waals surface area contributed by atoms with Crippen molar-refractivity contribution in [1.29, 1.82) is 0 Å². The second kappa shape index (κ2) is 7.25. The molecular weight excluding hydrogens is 430 g/mol. The molecule has 0 aliphatic carbocycles. The van der Waals surface area contributed by atoms with Gasteiger partial charge in [-0.15, -0.1) is 0 Å². The molecule has 3 atom stereocenters. The maximum atomic E-state index is 10.6. The highest BCUT2D eigenvalue weighted by Crippen LogP contribution is 2.40. The topological polar surface area (TPSA) is 92.0 Å². The minimum atomic E-state index is 0.0922. The van der Waals surface area contributed by atoms with Crippen molar-refractivity contribution in [3.8, 4) is 22.1 Å². The molecular formula is C21H23N7OS2. The molecule has 0 radical (unpaired) electrons. The van der Waals surface area contributed by atoms with E-state index >= 15 is 0 Å². The van der Waals surface area contributed by atoms with E-state index in [0.717, 1.165) is 20.4 Å². The fraction of sp³-hybridized carbons (Fsp3) is 0.429. The van der Waals surface area contributed by atoms with Crippen LogP contribution in [0.15, 0.2) is 24.7 Å². The van der Waals surface area contributed by atoms with E-state index in [-0.39, 0.29) is 5.75 Å². The van der Waals surface area contributed by atoms with Crippen LogP contribution in [0.5, 0.6) is 5.75 Å². The average molecular weight is 454 g/mol. The summed E-state index contributed by atoms with van der Waals surface area (Å²) in [6.45, 7) is 1.97. The molecule has 0 amide bonds. The number of hydrogen-bond donors (Lipinski definition) is 2. The molecule has 160 valence electrons. The third kappa shape index (κ3) is 3.38. The third-order valence-corrected chi connectivity index (χ3v) is 8.42. The van der Waals surface area contributed by atoms with Crippen LogP contribution in [0.3, 0.4) is 0 Å². The van der Waals surface area contributed by atoms with E-state index in [4.69, 9.17) is 9.97 Å². The Bertz CT molecular complexity index is 1220. The van der Waals surface area contributed by atoms with Gasteiger partial charge < -0.3 is 15.3 Å². The number of pyridine rings is 1. The first-order valence-corrected chi connectivity index (χ1v) is 12.1. The zero-order valence-electron chi connectivity index (χ0n) is 17.3. The Morgan fingerprint density at radius 1 is 1.13 bits per heavy atom. The highest BCUT2D eigenvalue weighted by molar-refractivity contribution is 7.29. The van der Waals surface area contributed by atoms with Crippen LogP contribution in [0.2, 0.25) is 0 Å². The Balaban J connectivity index is 1.25. The van der Waals surface area contributed by atoms with E-state index in [2.05, 4.69) is 27.3 Å². The number of rotatable bonds is 4. The lowest BCUT2D eigenvalue weighted by Gasteiger charge is -2.35. The summed E-state index contributed by atoms with van der Waals surface area (Å²) in [7, 11) is 2.15. The molecule has 31 heavy (non-hydrogen) atoms. The van der Waals surface area contributed by atoms with Crippen molar-refractivity contribution >= 4 is 37.5 Å². The predicted octanol–water partition coefficient (Wildman–Crippen LogP) is 3.73. The lowest BCUT2D eigenvalue weighted by Crippen LogP contribution is -2.47. The summed E-state index contributed by atoms with van der Waals surface area (Å²) in [5.41, 5.74) is 2.24. The molecule has 6 heterocycles. The quantitative estimate of drug-likeness (QED) is 0.486. The second-order valence-corrected chi connectivity index (χ2v) is 10.5. The van der Waals surface area contributed by atoms with Crippen molar-refractivity contribution in [3.05, 3.63) is 30.2 Å². The van der Waals surface area contributed by atoms with Gasteiger partial charge in [-0.2, -0.15) is 5.10 Å². The maximum absolute atomic E-state index is 10.6. The van der Waals surface area contributed by atoms with Crippen LogP contribution in [0.25, 0.3) is 26.0 Å². The normalized spacial score (nSPS) is 23.0. The monoisotopic (exact) mass is 453 g/mol. The number of aryl methyl sites for hydroxylation is 1. The van der Waals surface area contributed by atoms with Gasteiger partial charge in [0, 0.05) is 37.4 Å². The summed E-state index contributed by atoms with van der Waals surface area (Å²) in [5.74, 6) is 0.0922. The molecule has 4 aromatic heterocycles. The van der Waals surface area contributed by atoms with E-state index in [1.807, 2.05) is 13.1 Å². The SMILES string of the molecule is Cc1cnn(-c2cnc(-c3nc4sc(N(C)C5C[C@H]6CC[C@@H](C5)N6)nc4s3)c(O)c2)c1. The fourth-order valence-corrected chi connectivity index (χ4v) is 6.75. The molecule has 0 spiro atoms. The van der Waals surface area contributed by atoms with Gasteiger partial charge in [-0.05, 0) is 38.2 Å². The van der Waals surface area contributed by atoms with Crippen LogP contribution in [-0.2, 0) is 0 Å². The number of hydrogen-bond acceptors (Lipinski definition) is 9. The van der Waals surface area contributed by atoms with E-state index in [0.29, 0.717) is 34.5 Å². The minimum Gasteiger partial charge on any atom is -0.505 e. The van der Waals surface area contributed by atoms with Crippen molar-refractivity contribution in [2.24, 2.45) is 0 Å². The Morgan fingerprint density at radius 3 is 2.58 bits per heavy atom. The fourth-order valence-electron chi connectivity index (χ4n) is 4.67.